The van der Waals surface area contributed by atoms with Crippen LogP contribution in [-0.2, 0) is 6.42 Å². The van der Waals surface area contributed by atoms with Gasteiger partial charge in [-0.25, -0.2) is 0 Å². The molecule has 2 aliphatic rings. The van der Waals surface area contributed by atoms with Gasteiger partial charge in [0.15, 0.2) is 11.5 Å². The van der Waals surface area contributed by atoms with E-state index in [4.69, 9.17) is 0 Å². The minimum atomic E-state index is -0.0179. The fourth-order valence-corrected chi connectivity index (χ4v) is 4.44. The van der Waals surface area contributed by atoms with E-state index in [-0.39, 0.29) is 11.5 Å². The number of nitrogens with zero attached hydrogens (tertiary/aromatic N) is 1. The Balaban J connectivity index is 1.83. The number of pyridine rings is 1. The highest BCUT2D eigenvalue weighted by molar-refractivity contribution is 5.53. The minimum absolute atomic E-state index is 0.0179. The largest absolute Gasteiger partial charge is 0.504 e. The van der Waals surface area contributed by atoms with E-state index in [1.807, 2.05) is 19.2 Å². The molecule has 3 unspecified atom stereocenters. The van der Waals surface area contributed by atoms with Gasteiger partial charge in [-0.05, 0) is 67.5 Å². The van der Waals surface area contributed by atoms with Gasteiger partial charge in [0.25, 0.3) is 0 Å². The molecule has 4 rings (SSSR count). The van der Waals surface area contributed by atoms with E-state index in [1.54, 1.807) is 6.07 Å². The van der Waals surface area contributed by atoms with Crippen LogP contribution in [0.4, 0.5) is 0 Å². The van der Waals surface area contributed by atoms with Crippen LogP contribution in [0.1, 0.15) is 40.6 Å². The summed E-state index contributed by atoms with van der Waals surface area (Å²) < 4.78 is 0. The van der Waals surface area contributed by atoms with E-state index >= 15 is 0 Å². The molecule has 1 aromatic heterocycles. The summed E-state index contributed by atoms with van der Waals surface area (Å²) in [6.07, 6.45) is 3.79. The molecular weight excluding hydrogens is 288 g/mol. The van der Waals surface area contributed by atoms with Gasteiger partial charge in [0.1, 0.15) is 0 Å². The van der Waals surface area contributed by atoms with E-state index in [1.165, 1.54) is 11.1 Å². The van der Waals surface area contributed by atoms with Crippen LogP contribution in [0, 0.1) is 12.8 Å². The Hall–Kier alpha value is -2.07. The van der Waals surface area contributed by atoms with E-state index in [9.17, 15) is 10.2 Å². The second kappa shape index (κ2) is 5.53. The number of rotatable bonds is 1. The molecule has 2 heterocycles. The van der Waals surface area contributed by atoms with Crippen LogP contribution < -0.4 is 5.32 Å². The molecule has 1 saturated heterocycles. The summed E-state index contributed by atoms with van der Waals surface area (Å²) >= 11 is 0. The van der Waals surface area contributed by atoms with Crippen LogP contribution in [0.5, 0.6) is 11.5 Å². The summed E-state index contributed by atoms with van der Waals surface area (Å²) in [5, 5.41) is 23.8. The van der Waals surface area contributed by atoms with Gasteiger partial charge in [-0.15, -0.1) is 0 Å². The third-order valence-corrected chi connectivity index (χ3v) is 5.52. The zero-order valence-corrected chi connectivity index (χ0v) is 13.3. The molecular formula is C19H22N2O2. The van der Waals surface area contributed by atoms with E-state index in [0.29, 0.717) is 17.8 Å². The number of piperidine rings is 1. The zero-order valence-electron chi connectivity index (χ0n) is 13.3. The molecule has 1 fully saturated rings. The summed E-state index contributed by atoms with van der Waals surface area (Å²) in [6, 6.07) is 7.87. The lowest BCUT2D eigenvalue weighted by molar-refractivity contribution is 0.253. The molecule has 23 heavy (non-hydrogen) atoms. The maximum absolute atomic E-state index is 10.4. The Labute approximate surface area is 136 Å². The van der Waals surface area contributed by atoms with Crippen molar-refractivity contribution in [1.82, 2.24) is 10.3 Å². The molecule has 1 aliphatic carbocycles. The van der Waals surface area contributed by atoms with Crippen molar-refractivity contribution >= 4 is 0 Å². The smallest absolute Gasteiger partial charge is 0.160 e. The van der Waals surface area contributed by atoms with Crippen LogP contribution in [0.2, 0.25) is 0 Å². The molecule has 0 amide bonds. The quantitative estimate of drug-likeness (QED) is 0.709. The number of hydrogen-bond donors (Lipinski definition) is 3. The maximum Gasteiger partial charge on any atom is 0.160 e. The standard InChI is InChI=1S/C19H22N2O2/c1-11-8-12(4-7-21-11)15-9-16-13(2-3-18(22)19(16)23)17-10-20-6-5-14(15)17/h2-4,7-8,14-15,17,20,22-23H,5-6,9-10H2,1H3. The summed E-state index contributed by atoms with van der Waals surface area (Å²) in [5.74, 6) is 1.36. The lowest BCUT2D eigenvalue weighted by Gasteiger charge is -2.43. The average molecular weight is 310 g/mol. The predicted molar refractivity (Wildman–Crippen MR) is 88.9 cm³/mol. The third kappa shape index (κ3) is 2.38. The maximum atomic E-state index is 10.4. The molecule has 0 radical (unpaired) electrons. The Morgan fingerprint density at radius 2 is 2.04 bits per heavy atom. The molecule has 0 saturated carbocycles. The van der Waals surface area contributed by atoms with Crippen LogP contribution in [-0.4, -0.2) is 28.3 Å². The number of benzene rings is 1. The number of aromatic nitrogens is 1. The number of aryl methyl sites for hydroxylation is 1. The first-order valence-corrected chi connectivity index (χ1v) is 8.32. The summed E-state index contributed by atoms with van der Waals surface area (Å²) in [5.41, 5.74) is 4.43. The Kier molecular flexibility index (Phi) is 3.49. The average Bonchev–Trinajstić information content (AvgIpc) is 2.57. The van der Waals surface area contributed by atoms with Crippen LogP contribution in [0.3, 0.4) is 0 Å². The predicted octanol–water partition coefficient (Wildman–Crippen LogP) is 2.83. The molecule has 0 bridgehead atoms. The molecule has 4 nitrogen and oxygen atoms in total. The first-order valence-electron chi connectivity index (χ1n) is 8.32. The molecule has 1 aliphatic heterocycles. The summed E-state index contributed by atoms with van der Waals surface area (Å²) in [6.45, 7) is 3.99. The van der Waals surface area contributed by atoms with Crippen molar-refractivity contribution < 1.29 is 10.2 Å². The van der Waals surface area contributed by atoms with Crippen LogP contribution in [0.15, 0.2) is 30.5 Å². The Morgan fingerprint density at radius 3 is 2.87 bits per heavy atom. The fourth-order valence-electron chi connectivity index (χ4n) is 4.44. The van der Waals surface area contributed by atoms with E-state index in [0.717, 1.165) is 37.2 Å². The highest BCUT2D eigenvalue weighted by Crippen LogP contribution is 2.50. The van der Waals surface area contributed by atoms with Gasteiger partial charge in [0, 0.05) is 29.9 Å². The van der Waals surface area contributed by atoms with Gasteiger partial charge in [0.05, 0.1) is 0 Å². The van der Waals surface area contributed by atoms with Gasteiger partial charge in [-0.2, -0.15) is 0 Å². The van der Waals surface area contributed by atoms with Gasteiger partial charge >= 0.3 is 0 Å². The fraction of sp³-hybridized carbons (Fsp3) is 0.421. The monoisotopic (exact) mass is 310 g/mol. The van der Waals surface area contributed by atoms with E-state index in [2.05, 4.69) is 22.4 Å². The van der Waals surface area contributed by atoms with Crippen LogP contribution in [0.25, 0.3) is 0 Å². The molecule has 3 N–H and O–H groups in total. The number of fused-ring (bicyclic) bond motifs is 3. The van der Waals surface area contributed by atoms with Crippen molar-refractivity contribution in [3.63, 3.8) is 0 Å². The van der Waals surface area contributed by atoms with Crippen molar-refractivity contribution in [3.05, 3.63) is 52.8 Å². The normalized spacial score (nSPS) is 26.4. The number of hydrogen-bond acceptors (Lipinski definition) is 4. The van der Waals surface area contributed by atoms with E-state index < -0.39 is 0 Å². The SMILES string of the molecule is Cc1cc(C2Cc3c(ccc(O)c3O)C3CNCCC23)ccn1. The summed E-state index contributed by atoms with van der Waals surface area (Å²) in [4.78, 5) is 4.31. The topological polar surface area (TPSA) is 65.4 Å². The first-order chi connectivity index (χ1) is 11.1. The van der Waals surface area contributed by atoms with Gasteiger partial charge in [0.2, 0.25) is 0 Å². The van der Waals surface area contributed by atoms with Gasteiger partial charge < -0.3 is 15.5 Å². The zero-order chi connectivity index (χ0) is 16.0. The first kappa shape index (κ1) is 14.5. The highest BCUT2D eigenvalue weighted by atomic mass is 16.3. The van der Waals surface area contributed by atoms with Crippen molar-refractivity contribution in [2.75, 3.05) is 13.1 Å². The van der Waals surface area contributed by atoms with Gasteiger partial charge in [-0.3, -0.25) is 4.98 Å². The molecule has 120 valence electrons. The van der Waals surface area contributed by atoms with Crippen LogP contribution >= 0.6 is 0 Å². The molecule has 2 aromatic rings. The number of aromatic hydroxyl groups is 2. The Morgan fingerprint density at radius 1 is 1.17 bits per heavy atom. The summed E-state index contributed by atoms with van der Waals surface area (Å²) in [7, 11) is 0. The number of phenolic OH excluding ortho intramolecular Hbond substituents is 2. The lowest BCUT2D eigenvalue weighted by atomic mass is 9.64. The second-order valence-corrected chi connectivity index (χ2v) is 6.81. The molecule has 3 atom stereocenters. The Bertz CT molecular complexity index is 744. The minimum Gasteiger partial charge on any atom is -0.504 e. The number of nitrogens with one attached hydrogen (secondary N) is 1. The van der Waals surface area contributed by atoms with Crippen molar-refractivity contribution in [2.45, 2.75) is 31.6 Å². The van der Waals surface area contributed by atoms with Crippen molar-refractivity contribution in [3.8, 4) is 11.5 Å². The number of phenols is 2. The van der Waals surface area contributed by atoms with Crippen molar-refractivity contribution in [2.24, 2.45) is 5.92 Å². The highest BCUT2D eigenvalue weighted by Gasteiger charge is 2.40. The third-order valence-electron chi connectivity index (χ3n) is 5.52. The molecule has 0 spiro atoms. The van der Waals surface area contributed by atoms with Gasteiger partial charge in [-0.1, -0.05) is 6.07 Å². The lowest BCUT2D eigenvalue weighted by Crippen LogP contribution is -2.41. The second-order valence-electron chi connectivity index (χ2n) is 6.81. The molecule has 1 aromatic carbocycles. The van der Waals surface area contributed by atoms with Crippen molar-refractivity contribution in [1.29, 1.82) is 0 Å². The molecule has 4 heteroatoms.